The van der Waals surface area contributed by atoms with Crippen LogP contribution in [0.15, 0.2) is 29.2 Å². The van der Waals surface area contributed by atoms with Crippen LogP contribution in [0.3, 0.4) is 0 Å². The molecule has 0 aliphatic heterocycles. The first-order valence-corrected chi connectivity index (χ1v) is 6.22. The van der Waals surface area contributed by atoms with Crippen molar-refractivity contribution in [3.05, 3.63) is 24.3 Å². The Labute approximate surface area is 79.8 Å². The van der Waals surface area contributed by atoms with E-state index < -0.39 is 7.60 Å². The molecule has 0 fully saturated rings. The van der Waals surface area contributed by atoms with Gasteiger partial charge >= 0.3 is 7.60 Å². The smallest absolute Gasteiger partial charge is 0.335 e. The molecule has 0 heterocycles. The van der Waals surface area contributed by atoms with Crippen LogP contribution in [0.2, 0.25) is 0 Å². The predicted octanol–water partition coefficient (Wildman–Crippen LogP) is 1.62. The minimum absolute atomic E-state index is 0.0933. The van der Waals surface area contributed by atoms with Gasteiger partial charge in [-0.25, -0.2) is 0 Å². The normalized spacial score (nSPS) is 11.5. The molecule has 0 saturated carbocycles. The summed E-state index contributed by atoms with van der Waals surface area (Å²) in [6.07, 6.45) is 0. The van der Waals surface area contributed by atoms with Crippen LogP contribution >= 0.6 is 19.4 Å². The second-order valence-corrected chi connectivity index (χ2v) is 5.56. The van der Waals surface area contributed by atoms with Gasteiger partial charge in [0, 0.05) is 4.90 Å². The molecule has 0 spiro atoms. The minimum Gasteiger partial charge on any atom is -0.508 e. The van der Waals surface area contributed by atoms with E-state index in [1.807, 2.05) is 0 Å². The monoisotopic (exact) mass is 220 g/mol. The molecule has 1 aromatic rings. The Morgan fingerprint density at radius 1 is 1.38 bits per heavy atom. The Kier molecular flexibility index (Phi) is 3.39. The zero-order chi connectivity index (χ0) is 9.90. The van der Waals surface area contributed by atoms with Crippen LogP contribution in [0.5, 0.6) is 5.75 Å². The van der Waals surface area contributed by atoms with Gasteiger partial charge in [0.15, 0.2) is 0 Å². The standard InChI is InChI=1S/C7H9O4PS/c8-6-2-1-3-7(4-6)13-5-12(9,10)11/h1-4,8H,5H2,(H2,9,10,11). The largest absolute Gasteiger partial charge is 0.508 e. The first-order valence-electron chi connectivity index (χ1n) is 3.44. The molecule has 0 aliphatic carbocycles. The van der Waals surface area contributed by atoms with Crippen LogP contribution in [-0.2, 0) is 4.57 Å². The summed E-state index contributed by atoms with van der Waals surface area (Å²) in [5.74, 6) is 0.0933. The molecule has 0 aliphatic rings. The van der Waals surface area contributed by atoms with E-state index in [1.54, 1.807) is 12.1 Å². The molecule has 0 aromatic heterocycles. The molecule has 0 bridgehead atoms. The maximum atomic E-state index is 10.5. The van der Waals surface area contributed by atoms with E-state index in [-0.39, 0.29) is 11.2 Å². The number of phenolic OH excluding ortho intramolecular Hbond substituents is 1. The molecule has 0 saturated heterocycles. The van der Waals surface area contributed by atoms with E-state index in [1.165, 1.54) is 12.1 Å². The quantitative estimate of drug-likeness (QED) is 0.533. The van der Waals surface area contributed by atoms with E-state index >= 15 is 0 Å². The Morgan fingerprint density at radius 2 is 2.08 bits per heavy atom. The van der Waals surface area contributed by atoms with Crippen LogP contribution in [0.1, 0.15) is 0 Å². The highest BCUT2D eigenvalue weighted by Crippen LogP contribution is 2.41. The van der Waals surface area contributed by atoms with Crippen molar-refractivity contribution in [2.24, 2.45) is 0 Å². The first kappa shape index (κ1) is 10.6. The summed E-state index contributed by atoms with van der Waals surface area (Å²) in [7, 11) is -3.96. The van der Waals surface area contributed by atoms with E-state index in [0.29, 0.717) is 4.90 Å². The Bertz CT molecular complexity index is 335. The van der Waals surface area contributed by atoms with Crippen molar-refractivity contribution < 1.29 is 19.5 Å². The summed E-state index contributed by atoms with van der Waals surface area (Å²) in [6, 6.07) is 6.26. The first-order chi connectivity index (χ1) is 5.97. The van der Waals surface area contributed by atoms with Crippen molar-refractivity contribution in [2.75, 3.05) is 5.49 Å². The van der Waals surface area contributed by atoms with Crippen molar-refractivity contribution >= 4 is 19.4 Å². The van der Waals surface area contributed by atoms with Gasteiger partial charge in [-0.15, -0.1) is 11.8 Å². The number of phenols is 1. The van der Waals surface area contributed by atoms with Gasteiger partial charge in [0.05, 0.1) is 0 Å². The van der Waals surface area contributed by atoms with Gasteiger partial charge in [-0.05, 0) is 18.2 Å². The third-order valence-corrected chi connectivity index (χ3v) is 3.67. The molecular weight excluding hydrogens is 211 g/mol. The Morgan fingerprint density at radius 3 is 2.62 bits per heavy atom. The molecule has 3 N–H and O–H groups in total. The second kappa shape index (κ2) is 4.15. The Hall–Kier alpha value is -0.480. The fourth-order valence-electron chi connectivity index (χ4n) is 0.732. The molecule has 6 heteroatoms. The van der Waals surface area contributed by atoms with Gasteiger partial charge in [0.25, 0.3) is 0 Å². The highest BCUT2D eigenvalue weighted by atomic mass is 32.2. The van der Waals surface area contributed by atoms with E-state index in [0.717, 1.165) is 11.8 Å². The summed E-state index contributed by atoms with van der Waals surface area (Å²) >= 11 is 1.02. The fourth-order valence-corrected chi connectivity index (χ4v) is 2.38. The molecule has 1 aromatic carbocycles. The average Bonchev–Trinajstić information content (AvgIpc) is 2.00. The van der Waals surface area contributed by atoms with Crippen molar-refractivity contribution in [3.8, 4) is 5.75 Å². The lowest BCUT2D eigenvalue weighted by atomic mass is 10.3. The summed E-state index contributed by atoms with van der Waals surface area (Å²) in [5.41, 5.74) is -0.267. The molecule has 0 radical (unpaired) electrons. The number of thioether (sulfide) groups is 1. The van der Waals surface area contributed by atoms with Crippen molar-refractivity contribution in [1.82, 2.24) is 0 Å². The van der Waals surface area contributed by atoms with Crippen molar-refractivity contribution in [1.29, 1.82) is 0 Å². The number of rotatable bonds is 3. The molecule has 4 nitrogen and oxygen atoms in total. The van der Waals surface area contributed by atoms with E-state index in [4.69, 9.17) is 14.9 Å². The third-order valence-electron chi connectivity index (χ3n) is 1.22. The molecule has 0 atom stereocenters. The lowest BCUT2D eigenvalue weighted by Gasteiger charge is -2.03. The van der Waals surface area contributed by atoms with E-state index in [9.17, 15) is 4.57 Å². The zero-order valence-corrected chi connectivity index (χ0v) is 8.33. The molecule has 0 unspecified atom stereocenters. The summed E-state index contributed by atoms with van der Waals surface area (Å²) in [4.78, 5) is 17.8. The van der Waals surface area contributed by atoms with Crippen LogP contribution in [0.4, 0.5) is 0 Å². The predicted molar refractivity (Wildman–Crippen MR) is 50.9 cm³/mol. The van der Waals surface area contributed by atoms with Gasteiger partial charge in [-0.2, -0.15) is 0 Å². The SMILES string of the molecule is O=P(O)(O)CSc1cccc(O)c1. The highest BCUT2D eigenvalue weighted by molar-refractivity contribution is 8.04. The third kappa shape index (κ3) is 4.33. The van der Waals surface area contributed by atoms with Gasteiger partial charge in [0.1, 0.15) is 11.2 Å². The van der Waals surface area contributed by atoms with Crippen LogP contribution in [-0.4, -0.2) is 20.4 Å². The van der Waals surface area contributed by atoms with Gasteiger partial charge < -0.3 is 14.9 Å². The topological polar surface area (TPSA) is 77.8 Å². The van der Waals surface area contributed by atoms with Gasteiger partial charge in [-0.1, -0.05) is 6.07 Å². The second-order valence-electron chi connectivity index (χ2n) is 2.44. The maximum Gasteiger partial charge on any atom is 0.335 e. The number of hydrogen-bond acceptors (Lipinski definition) is 3. The van der Waals surface area contributed by atoms with Gasteiger partial charge in [0.2, 0.25) is 0 Å². The summed E-state index contributed by atoms with van der Waals surface area (Å²) in [5, 5.41) is 9.04. The van der Waals surface area contributed by atoms with Crippen LogP contribution in [0.25, 0.3) is 0 Å². The van der Waals surface area contributed by atoms with E-state index in [2.05, 4.69) is 0 Å². The van der Waals surface area contributed by atoms with Crippen molar-refractivity contribution in [2.45, 2.75) is 4.90 Å². The minimum atomic E-state index is -3.96. The van der Waals surface area contributed by atoms with Gasteiger partial charge in [-0.3, -0.25) is 4.57 Å². The number of aromatic hydroxyl groups is 1. The Balaban J connectivity index is 2.60. The fraction of sp³-hybridized carbons (Fsp3) is 0.143. The number of benzene rings is 1. The number of hydrogen-bond donors (Lipinski definition) is 3. The average molecular weight is 220 g/mol. The van der Waals surface area contributed by atoms with Crippen LogP contribution < -0.4 is 0 Å². The van der Waals surface area contributed by atoms with Crippen molar-refractivity contribution in [3.63, 3.8) is 0 Å². The maximum absolute atomic E-state index is 10.5. The van der Waals surface area contributed by atoms with Crippen LogP contribution in [0, 0.1) is 0 Å². The lowest BCUT2D eigenvalue weighted by molar-refractivity contribution is 0.379. The molecule has 1 rings (SSSR count). The molecule has 72 valence electrons. The molecular formula is C7H9O4PS. The lowest BCUT2D eigenvalue weighted by Crippen LogP contribution is -1.81. The highest BCUT2D eigenvalue weighted by Gasteiger charge is 2.12. The molecule has 13 heavy (non-hydrogen) atoms. The summed E-state index contributed by atoms with van der Waals surface area (Å²) < 4.78 is 10.5. The summed E-state index contributed by atoms with van der Waals surface area (Å²) in [6.45, 7) is 0. The zero-order valence-electron chi connectivity index (χ0n) is 6.62. The molecule has 0 amide bonds.